The lowest BCUT2D eigenvalue weighted by Crippen LogP contribution is -2.59. The lowest BCUT2D eigenvalue weighted by molar-refractivity contribution is -0.191. The first kappa shape index (κ1) is 33.5. The van der Waals surface area contributed by atoms with Crippen molar-refractivity contribution in [3.8, 4) is 0 Å². The molecule has 45 heavy (non-hydrogen) atoms. The highest BCUT2D eigenvalue weighted by Gasteiger charge is 2.60. The van der Waals surface area contributed by atoms with Gasteiger partial charge in [-0.3, -0.25) is 9.59 Å². The highest BCUT2D eigenvalue weighted by Crippen LogP contribution is 2.63. The maximum atomic E-state index is 13.0. The van der Waals surface area contributed by atoms with Crippen LogP contribution in [0, 0.1) is 22.7 Å². The molecule has 0 unspecified atom stereocenters. The Kier molecular flexibility index (Phi) is 10.3. The van der Waals surface area contributed by atoms with Crippen LogP contribution in [0.3, 0.4) is 0 Å². The molecule has 6 atom stereocenters. The van der Waals surface area contributed by atoms with Crippen LogP contribution < -0.4 is 4.90 Å². The summed E-state index contributed by atoms with van der Waals surface area (Å²) in [7, 11) is 0. The van der Waals surface area contributed by atoms with Crippen molar-refractivity contribution < 1.29 is 28.6 Å². The predicted molar refractivity (Wildman–Crippen MR) is 181 cm³/mol. The summed E-state index contributed by atoms with van der Waals surface area (Å²) < 4.78 is 17.7. The van der Waals surface area contributed by atoms with E-state index in [9.17, 15) is 14.4 Å². The SMILES string of the molecule is C=C1CC[C@@H]2[C@](C)(COC(C)=O)[C@H](OC(C)=O)CC[C@@]2(C)[C@@H]1C[C@H](SC(=S)N1CCN(c2ccccc2)CC1)C1=CCOC1=O. The van der Waals surface area contributed by atoms with E-state index in [1.165, 1.54) is 25.1 Å². The highest BCUT2D eigenvalue weighted by atomic mass is 32.2. The number of benzene rings is 1. The van der Waals surface area contributed by atoms with Crippen LogP contribution in [-0.4, -0.2) is 77.9 Å². The van der Waals surface area contributed by atoms with Crippen LogP contribution in [0.5, 0.6) is 0 Å². The molecule has 2 heterocycles. The van der Waals surface area contributed by atoms with Crippen molar-refractivity contribution >= 4 is 51.9 Å². The number of para-hydroxylation sites is 1. The number of anilines is 1. The molecule has 0 bridgehead atoms. The fourth-order valence-corrected chi connectivity index (χ4v) is 10.0. The van der Waals surface area contributed by atoms with Crippen LogP contribution in [0.4, 0.5) is 5.69 Å². The van der Waals surface area contributed by atoms with Crippen LogP contribution in [-0.2, 0) is 28.6 Å². The molecule has 0 aromatic heterocycles. The third-order valence-electron chi connectivity index (χ3n) is 10.7. The number of thioether (sulfide) groups is 1. The van der Waals surface area contributed by atoms with E-state index in [0.717, 1.165) is 49.8 Å². The van der Waals surface area contributed by atoms with Crippen molar-refractivity contribution in [2.75, 3.05) is 44.3 Å². The lowest BCUT2D eigenvalue weighted by Gasteiger charge is -2.60. The molecule has 10 heteroatoms. The molecule has 5 rings (SSSR count). The van der Waals surface area contributed by atoms with E-state index in [2.05, 4.69) is 54.5 Å². The van der Waals surface area contributed by atoms with Gasteiger partial charge in [-0.25, -0.2) is 4.79 Å². The van der Waals surface area contributed by atoms with Crippen molar-refractivity contribution in [1.82, 2.24) is 4.90 Å². The second-order valence-electron chi connectivity index (χ2n) is 13.4. The standard InChI is InChI=1S/C35H46N2O6S2/c1-23-11-12-30-34(4,15-13-31(43-25(3)39)35(30,5)22-42-24(2)38)28(23)21-29(27-14-20-41-32(27)40)45-33(44)37-18-16-36(17-19-37)26-9-7-6-8-10-26/h6-10,14,28-31H,1,11-13,15-22H2,2-5H3/t28-,29+,30+,31-,34+,35+/m1/s1. The molecule has 0 spiro atoms. The first-order valence-electron chi connectivity index (χ1n) is 16.0. The number of carbonyl (C=O) groups is 3. The Bertz CT molecular complexity index is 1340. The van der Waals surface area contributed by atoms with Gasteiger partial charge >= 0.3 is 17.9 Å². The fraction of sp³-hybridized carbons (Fsp3) is 0.600. The van der Waals surface area contributed by atoms with Gasteiger partial charge in [-0.05, 0) is 67.6 Å². The van der Waals surface area contributed by atoms with Crippen LogP contribution >= 0.6 is 24.0 Å². The zero-order valence-corrected chi connectivity index (χ0v) is 28.6. The van der Waals surface area contributed by atoms with Crippen molar-refractivity contribution in [2.24, 2.45) is 22.7 Å². The number of fused-ring (bicyclic) bond motifs is 1. The average molecular weight is 655 g/mol. The maximum absolute atomic E-state index is 13.0. The topological polar surface area (TPSA) is 85.4 Å². The van der Waals surface area contributed by atoms with Crippen molar-refractivity contribution in [3.63, 3.8) is 0 Å². The minimum absolute atomic E-state index is 0.0932. The Hall–Kier alpha value is -2.85. The van der Waals surface area contributed by atoms with Gasteiger partial charge in [-0.15, -0.1) is 0 Å². The minimum Gasteiger partial charge on any atom is -0.465 e. The van der Waals surface area contributed by atoms with Gasteiger partial charge in [0, 0.05) is 56.4 Å². The average Bonchev–Trinajstić information content (AvgIpc) is 3.45. The van der Waals surface area contributed by atoms with E-state index in [1.54, 1.807) is 11.8 Å². The minimum atomic E-state index is -0.550. The number of ether oxygens (including phenoxy) is 3. The molecule has 0 amide bonds. The predicted octanol–water partition coefficient (Wildman–Crippen LogP) is 5.95. The number of allylic oxidation sites excluding steroid dienone is 1. The van der Waals surface area contributed by atoms with Crippen molar-refractivity contribution in [2.45, 2.75) is 71.2 Å². The summed E-state index contributed by atoms with van der Waals surface area (Å²) in [6.07, 6.45) is 5.45. The summed E-state index contributed by atoms with van der Waals surface area (Å²) in [5, 5.41) is -0.178. The molecule has 3 fully saturated rings. The Morgan fingerprint density at radius 1 is 1.11 bits per heavy atom. The van der Waals surface area contributed by atoms with Gasteiger partial charge in [0.2, 0.25) is 0 Å². The Balaban J connectivity index is 1.36. The van der Waals surface area contributed by atoms with Crippen LogP contribution in [0.2, 0.25) is 0 Å². The van der Waals surface area contributed by atoms with Gasteiger partial charge in [-0.2, -0.15) is 0 Å². The second kappa shape index (κ2) is 13.9. The van der Waals surface area contributed by atoms with E-state index < -0.39 is 5.41 Å². The van der Waals surface area contributed by atoms with Gasteiger partial charge < -0.3 is 24.0 Å². The normalized spacial score (nSPS) is 30.6. The zero-order valence-electron chi connectivity index (χ0n) is 26.9. The number of nitrogens with zero attached hydrogens (tertiary/aromatic N) is 2. The van der Waals surface area contributed by atoms with E-state index in [1.807, 2.05) is 12.1 Å². The zero-order chi connectivity index (χ0) is 32.4. The largest absolute Gasteiger partial charge is 0.465 e. The maximum Gasteiger partial charge on any atom is 0.335 e. The molecule has 1 saturated heterocycles. The summed E-state index contributed by atoms with van der Waals surface area (Å²) in [5.74, 6) is -0.730. The van der Waals surface area contributed by atoms with E-state index in [-0.39, 0.29) is 59.7 Å². The monoisotopic (exact) mass is 654 g/mol. The molecule has 244 valence electrons. The number of piperazine rings is 1. The third kappa shape index (κ3) is 7.12. The number of carbonyl (C=O) groups excluding carboxylic acids is 3. The molecule has 8 nitrogen and oxygen atoms in total. The van der Waals surface area contributed by atoms with Crippen LogP contribution in [0.25, 0.3) is 0 Å². The second-order valence-corrected chi connectivity index (χ2v) is 15.2. The summed E-state index contributed by atoms with van der Waals surface area (Å²) in [4.78, 5) is 41.7. The third-order valence-corrected chi connectivity index (χ3v) is 12.4. The molecule has 2 saturated carbocycles. The summed E-state index contributed by atoms with van der Waals surface area (Å²) >= 11 is 7.64. The summed E-state index contributed by atoms with van der Waals surface area (Å²) in [5.41, 5.74) is 2.32. The van der Waals surface area contributed by atoms with Gasteiger partial charge in [0.15, 0.2) is 0 Å². The molecule has 2 aliphatic carbocycles. The van der Waals surface area contributed by atoms with Crippen LogP contribution in [0.15, 0.2) is 54.1 Å². The number of esters is 3. The number of rotatable bonds is 8. The van der Waals surface area contributed by atoms with E-state index in [4.69, 9.17) is 26.4 Å². The quantitative estimate of drug-likeness (QED) is 0.145. The summed E-state index contributed by atoms with van der Waals surface area (Å²) in [6.45, 7) is 15.7. The first-order valence-corrected chi connectivity index (χ1v) is 17.3. The Labute approximate surface area is 276 Å². The van der Waals surface area contributed by atoms with Crippen molar-refractivity contribution in [3.05, 3.63) is 54.1 Å². The molecule has 1 aromatic rings. The van der Waals surface area contributed by atoms with Crippen molar-refractivity contribution in [1.29, 1.82) is 0 Å². The molecule has 0 radical (unpaired) electrons. The van der Waals surface area contributed by atoms with Crippen LogP contribution in [0.1, 0.15) is 59.8 Å². The molecule has 2 aliphatic heterocycles. The summed E-state index contributed by atoms with van der Waals surface area (Å²) in [6, 6.07) is 10.4. The molecule has 1 aromatic carbocycles. The fourth-order valence-electron chi connectivity index (χ4n) is 8.32. The van der Waals surface area contributed by atoms with Gasteiger partial charge in [0.25, 0.3) is 0 Å². The molecule has 0 N–H and O–H groups in total. The first-order chi connectivity index (χ1) is 21.4. The highest BCUT2D eigenvalue weighted by molar-refractivity contribution is 8.23. The smallest absolute Gasteiger partial charge is 0.335 e. The number of cyclic esters (lactones) is 1. The van der Waals surface area contributed by atoms with E-state index in [0.29, 0.717) is 18.4 Å². The number of hydrogen-bond acceptors (Lipinski definition) is 9. The van der Waals surface area contributed by atoms with E-state index >= 15 is 0 Å². The van der Waals surface area contributed by atoms with Gasteiger partial charge in [0.05, 0.1) is 5.57 Å². The van der Waals surface area contributed by atoms with Gasteiger partial charge in [0.1, 0.15) is 23.6 Å². The lowest BCUT2D eigenvalue weighted by atomic mass is 9.46. The van der Waals surface area contributed by atoms with Gasteiger partial charge in [-0.1, -0.05) is 68.2 Å². The number of thiocarbonyl (C=S) groups is 1. The Morgan fingerprint density at radius 2 is 1.82 bits per heavy atom. The molecular formula is C35H46N2O6S2. The Morgan fingerprint density at radius 3 is 2.44 bits per heavy atom. The molecular weight excluding hydrogens is 609 g/mol. The molecule has 4 aliphatic rings. The number of hydrogen-bond donors (Lipinski definition) is 0.